The Balaban J connectivity index is 1.84. The van der Waals surface area contributed by atoms with Gasteiger partial charge in [-0.2, -0.15) is 0 Å². The predicted molar refractivity (Wildman–Crippen MR) is 102 cm³/mol. The summed E-state index contributed by atoms with van der Waals surface area (Å²) in [6.45, 7) is 5.66. The Labute approximate surface area is 148 Å². The van der Waals surface area contributed by atoms with Crippen molar-refractivity contribution >= 4 is 16.7 Å². The van der Waals surface area contributed by atoms with Gasteiger partial charge in [0.25, 0.3) is 0 Å². The summed E-state index contributed by atoms with van der Waals surface area (Å²) in [7, 11) is 0. The highest BCUT2D eigenvalue weighted by atomic mass is 16.5. The van der Waals surface area contributed by atoms with Crippen molar-refractivity contribution < 1.29 is 9.53 Å². The monoisotopic (exact) mass is 333 g/mol. The molecule has 3 heteroatoms. The van der Waals surface area contributed by atoms with Crippen molar-refractivity contribution in [1.82, 2.24) is 5.32 Å². The van der Waals surface area contributed by atoms with Gasteiger partial charge in [-0.15, -0.1) is 0 Å². The first-order valence-corrected chi connectivity index (χ1v) is 8.63. The minimum Gasteiger partial charge on any atom is -0.457 e. The van der Waals surface area contributed by atoms with Crippen LogP contribution in [0.1, 0.15) is 37.9 Å². The van der Waals surface area contributed by atoms with Crippen molar-refractivity contribution in [3.05, 3.63) is 71.8 Å². The van der Waals surface area contributed by atoms with Gasteiger partial charge in [-0.3, -0.25) is 4.79 Å². The van der Waals surface area contributed by atoms with Crippen LogP contribution in [0.5, 0.6) is 11.5 Å². The number of carbonyl (C=O) groups excluding carboxylic acids is 1. The zero-order valence-corrected chi connectivity index (χ0v) is 14.9. The minimum absolute atomic E-state index is 0.00499. The van der Waals surface area contributed by atoms with E-state index in [0.29, 0.717) is 0 Å². The molecule has 0 aliphatic carbocycles. The lowest BCUT2D eigenvalue weighted by Crippen LogP contribution is -2.23. The molecular formula is C22H23NO2. The number of aryl methyl sites for hydroxylation is 1. The number of ether oxygens (including phenoxy) is 1. The summed E-state index contributed by atoms with van der Waals surface area (Å²) in [5.41, 5.74) is 2.35. The van der Waals surface area contributed by atoms with Crippen LogP contribution in [0.2, 0.25) is 0 Å². The van der Waals surface area contributed by atoms with Crippen molar-refractivity contribution in [3.63, 3.8) is 0 Å². The number of hydrogen-bond donors (Lipinski definition) is 1. The van der Waals surface area contributed by atoms with E-state index in [2.05, 4.69) is 42.6 Å². The number of rotatable bonds is 5. The number of fused-ring (bicyclic) bond motifs is 1. The van der Waals surface area contributed by atoms with Crippen molar-refractivity contribution in [2.24, 2.45) is 0 Å². The van der Waals surface area contributed by atoms with E-state index in [9.17, 15) is 4.79 Å². The second-order valence-corrected chi connectivity index (χ2v) is 6.29. The predicted octanol–water partition coefficient (Wildman–Crippen LogP) is 5.39. The molecule has 0 saturated carbocycles. The maximum atomic E-state index is 11.2. The molecule has 3 rings (SSSR count). The van der Waals surface area contributed by atoms with Gasteiger partial charge < -0.3 is 10.1 Å². The summed E-state index contributed by atoms with van der Waals surface area (Å²) in [5, 5.41) is 5.16. The Morgan fingerprint density at radius 3 is 2.48 bits per heavy atom. The standard InChI is InChI=1S/C22H23NO2/c1-4-17-6-5-7-21(12-17)25-22-11-10-19-13-18(8-9-20(19)14-22)15(2)23-16(3)24/h5-15H,4H2,1-3H3,(H,23,24). The molecule has 1 N–H and O–H groups in total. The molecule has 0 aliphatic heterocycles. The van der Waals surface area contributed by atoms with Crippen molar-refractivity contribution in [1.29, 1.82) is 0 Å². The molecule has 3 aromatic rings. The number of hydrogen-bond acceptors (Lipinski definition) is 2. The van der Waals surface area contributed by atoms with Crippen LogP contribution in [-0.2, 0) is 11.2 Å². The van der Waals surface area contributed by atoms with Gasteiger partial charge in [0.15, 0.2) is 0 Å². The SMILES string of the molecule is CCc1cccc(Oc2ccc3cc(C(C)NC(C)=O)ccc3c2)c1. The Hall–Kier alpha value is -2.81. The van der Waals surface area contributed by atoms with Crippen LogP contribution in [0.25, 0.3) is 10.8 Å². The molecule has 128 valence electrons. The molecule has 3 nitrogen and oxygen atoms in total. The maximum absolute atomic E-state index is 11.2. The third kappa shape index (κ3) is 4.18. The van der Waals surface area contributed by atoms with Crippen LogP contribution in [-0.4, -0.2) is 5.91 Å². The van der Waals surface area contributed by atoms with Crippen LogP contribution < -0.4 is 10.1 Å². The largest absolute Gasteiger partial charge is 0.457 e. The average Bonchev–Trinajstić information content (AvgIpc) is 2.61. The zero-order valence-electron chi connectivity index (χ0n) is 14.9. The fourth-order valence-corrected chi connectivity index (χ4v) is 2.93. The van der Waals surface area contributed by atoms with Gasteiger partial charge in [-0.25, -0.2) is 0 Å². The fourth-order valence-electron chi connectivity index (χ4n) is 2.93. The molecule has 1 amide bonds. The molecule has 0 aliphatic rings. The van der Waals surface area contributed by atoms with Gasteiger partial charge >= 0.3 is 0 Å². The zero-order chi connectivity index (χ0) is 17.8. The quantitative estimate of drug-likeness (QED) is 0.679. The molecule has 25 heavy (non-hydrogen) atoms. The highest BCUT2D eigenvalue weighted by Gasteiger charge is 2.08. The Morgan fingerprint density at radius 1 is 1.00 bits per heavy atom. The molecule has 0 radical (unpaired) electrons. The number of benzene rings is 3. The van der Waals surface area contributed by atoms with Crippen LogP contribution in [0.15, 0.2) is 60.7 Å². The maximum Gasteiger partial charge on any atom is 0.217 e. The van der Waals surface area contributed by atoms with Gasteiger partial charge in [0.2, 0.25) is 5.91 Å². The third-order valence-electron chi connectivity index (χ3n) is 4.30. The summed E-state index contributed by atoms with van der Waals surface area (Å²) in [6.07, 6.45) is 0.990. The molecule has 0 heterocycles. The minimum atomic E-state index is -0.0225. The summed E-state index contributed by atoms with van der Waals surface area (Å²) in [5.74, 6) is 1.66. The summed E-state index contributed by atoms with van der Waals surface area (Å²) >= 11 is 0. The highest BCUT2D eigenvalue weighted by Crippen LogP contribution is 2.28. The second kappa shape index (κ2) is 7.39. The fraction of sp³-hybridized carbons (Fsp3) is 0.227. The normalized spacial score (nSPS) is 12.0. The van der Waals surface area contributed by atoms with Crippen LogP contribution in [0.3, 0.4) is 0 Å². The van der Waals surface area contributed by atoms with E-state index in [1.165, 1.54) is 12.5 Å². The lowest BCUT2D eigenvalue weighted by Gasteiger charge is -2.14. The molecule has 1 atom stereocenters. The van der Waals surface area contributed by atoms with Gasteiger partial charge in [0.1, 0.15) is 11.5 Å². The van der Waals surface area contributed by atoms with Crippen molar-refractivity contribution in [2.45, 2.75) is 33.2 Å². The molecule has 0 fully saturated rings. The lowest BCUT2D eigenvalue weighted by atomic mass is 10.0. The van der Waals surface area contributed by atoms with E-state index in [0.717, 1.165) is 34.3 Å². The first-order chi connectivity index (χ1) is 12.0. The topological polar surface area (TPSA) is 38.3 Å². The van der Waals surface area contributed by atoms with Gasteiger partial charge in [-0.1, -0.05) is 37.3 Å². The van der Waals surface area contributed by atoms with Gasteiger partial charge in [0.05, 0.1) is 6.04 Å². The van der Waals surface area contributed by atoms with Crippen molar-refractivity contribution in [2.75, 3.05) is 0 Å². The van der Waals surface area contributed by atoms with E-state index >= 15 is 0 Å². The van der Waals surface area contributed by atoms with Gasteiger partial charge in [-0.05, 0) is 65.6 Å². The molecule has 0 bridgehead atoms. The second-order valence-electron chi connectivity index (χ2n) is 6.29. The Bertz CT molecular complexity index is 901. The first kappa shape index (κ1) is 17.0. The average molecular weight is 333 g/mol. The van der Waals surface area contributed by atoms with E-state index in [1.54, 1.807) is 0 Å². The Kier molecular flexibility index (Phi) is 5.03. The molecule has 0 aromatic heterocycles. The first-order valence-electron chi connectivity index (χ1n) is 8.63. The van der Waals surface area contributed by atoms with E-state index < -0.39 is 0 Å². The highest BCUT2D eigenvalue weighted by molar-refractivity contribution is 5.85. The number of carbonyl (C=O) groups is 1. The van der Waals surface area contributed by atoms with Crippen LogP contribution in [0.4, 0.5) is 0 Å². The number of amides is 1. The molecule has 1 unspecified atom stereocenters. The van der Waals surface area contributed by atoms with Crippen LogP contribution >= 0.6 is 0 Å². The Morgan fingerprint density at radius 2 is 1.72 bits per heavy atom. The summed E-state index contributed by atoms with van der Waals surface area (Å²) < 4.78 is 6.00. The third-order valence-corrected chi connectivity index (χ3v) is 4.30. The van der Waals surface area contributed by atoms with Crippen LogP contribution in [0, 0.1) is 0 Å². The van der Waals surface area contributed by atoms with Gasteiger partial charge in [0, 0.05) is 6.92 Å². The van der Waals surface area contributed by atoms with E-state index in [-0.39, 0.29) is 11.9 Å². The van der Waals surface area contributed by atoms with Crippen molar-refractivity contribution in [3.8, 4) is 11.5 Å². The smallest absolute Gasteiger partial charge is 0.217 e. The summed E-state index contributed by atoms with van der Waals surface area (Å²) in [4.78, 5) is 11.2. The molecule has 0 spiro atoms. The summed E-state index contributed by atoms with van der Waals surface area (Å²) in [6, 6.07) is 20.5. The van der Waals surface area contributed by atoms with E-state index in [4.69, 9.17) is 4.74 Å². The lowest BCUT2D eigenvalue weighted by molar-refractivity contribution is -0.119. The molecule has 0 saturated heterocycles. The molecule has 3 aromatic carbocycles. The molecular weight excluding hydrogens is 310 g/mol. The van der Waals surface area contributed by atoms with E-state index in [1.807, 2.05) is 37.3 Å². The number of nitrogens with one attached hydrogen (secondary N) is 1.